The Balaban J connectivity index is 2.45. The number of likely N-dealkylation sites (N-methyl/N-ethyl adjacent to an activating group) is 1. The maximum absolute atomic E-state index is 11.7. The summed E-state index contributed by atoms with van der Waals surface area (Å²) in [6.45, 7) is 3.58. The molecule has 18 heavy (non-hydrogen) atoms. The zero-order chi connectivity index (χ0) is 13.5. The van der Waals surface area contributed by atoms with Crippen molar-refractivity contribution in [1.29, 1.82) is 0 Å². The molecule has 0 aliphatic heterocycles. The van der Waals surface area contributed by atoms with Crippen LogP contribution in [0.25, 0.3) is 0 Å². The Labute approximate surface area is 110 Å². The second kappa shape index (κ2) is 7.74. The third kappa shape index (κ3) is 4.94. The molecule has 4 heteroatoms. The lowest BCUT2D eigenvalue weighted by molar-refractivity contribution is -0.159. The van der Waals surface area contributed by atoms with E-state index in [9.17, 15) is 9.90 Å². The molecular formula is C14H27NO3. The third-order valence-electron chi connectivity index (χ3n) is 3.66. The fourth-order valence-corrected chi connectivity index (χ4v) is 2.65. The predicted molar refractivity (Wildman–Crippen MR) is 71.3 cm³/mol. The topological polar surface area (TPSA) is 58.6 Å². The third-order valence-corrected chi connectivity index (χ3v) is 3.66. The monoisotopic (exact) mass is 257 g/mol. The highest BCUT2D eigenvalue weighted by Crippen LogP contribution is 2.28. The van der Waals surface area contributed by atoms with Crippen molar-refractivity contribution in [3.8, 4) is 0 Å². The van der Waals surface area contributed by atoms with Gasteiger partial charge in [0.05, 0.1) is 6.10 Å². The molecule has 0 saturated heterocycles. The van der Waals surface area contributed by atoms with Gasteiger partial charge in [-0.1, -0.05) is 32.1 Å². The van der Waals surface area contributed by atoms with Gasteiger partial charge >= 0.3 is 5.97 Å². The van der Waals surface area contributed by atoms with Gasteiger partial charge in [0.15, 0.2) is 6.10 Å². The van der Waals surface area contributed by atoms with Crippen molar-refractivity contribution in [3.05, 3.63) is 0 Å². The quantitative estimate of drug-likeness (QED) is 0.713. The van der Waals surface area contributed by atoms with E-state index in [1.807, 2.05) is 0 Å². The van der Waals surface area contributed by atoms with Gasteiger partial charge in [0, 0.05) is 6.04 Å². The highest BCUT2D eigenvalue weighted by Gasteiger charge is 2.29. The summed E-state index contributed by atoms with van der Waals surface area (Å²) in [6, 6.07) is -0.195. The summed E-state index contributed by atoms with van der Waals surface area (Å²) in [5.74, 6) is 0.109. The van der Waals surface area contributed by atoms with E-state index in [4.69, 9.17) is 4.74 Å². The number of rotatable bonds is 6. The van der Waals surface area contributed by atoms with Gasteiger partial charge in [-0.15, -0.1) is 0 Å². The van der Waals surface area contributed by atoms with Crippen molar-refractivity contribution >= 4 is 5.97 Å². The lowest BCUT2D eigenvalue weighted by Crippen LogP contribution is -2.45. The van der Waals surface area contributed by atoms with Crippen LogP contribution in [0.1, 0.15) is 52.4 Å². The number of hydrogen-bond acceptors (Lipinski definition) is 4. The van der Waals surface area contributed by atoms with Crippen molar-refractivity contribution in [2.45, 2.75) is 70.6 Å². The molecule has 1 rings (SSSR count). The summed E-state index contributed by atoms with van der Waals surface area (Å²) in [5, 5.41) is 13.1. The minimum absolute atomic E-state index is 0.181. The molecule has 1 saturated carbocycles. The molecular weight excluding hydrogens is 230 g/mol. The fraction of sp³-hybridized carbons (Fsp3) is 0.929. The van der Waals surface area contributed by atoms with E-state index in [2.05, 4.69) is 5.32 Å². The van der Waals surface area contributed by atoms with Crippen LogP contribution in [0.5, 0.6) is 0 Å². The Morgan fingerprint density at radius 1 is 1.33 bits per heavy atom. The van der Waals surface area contributed by atoms with Gasteiger partial charge in [0.2, 0.25) is 0 Å². The molecule has 0 amide bonds. The van der Waals surface area contributed by atoms with Crippen molar-refractivity contribution in [2.24, 2.45) is 5.92 Å². The summed E-state index contributed by atoms with van der Waals surface area (Å²) in [7, 11) is 1.79. The molecule has 106 valence electrons. The number of nitrogens with one attached hydrogen (secondary N) is 1. The second-order valence-corrected chi connectivity index (χ2v) is 5.57. The lowest BCUT2D eigenvalue weighted by Gasteiger charge is -2.28. The van der Waals surface area contributed by atoms with Crippen molar-refractivity contribution in [1.82, 2.24) is 5.32 Å². The number of esters is 1. The van der Waals surface area contributed by atoms with Crippen LogP contribution in [0.2, 0.25) is 0 Å². The summed E-state index contributed by atoms with van der Waals surface area (Å²) < 4.78 is 5.06. The van der Waals surface area contributed by atoms with E-state index in [-0.39, 0.29) is 12.1 Å². The Morgan fingerprint density at radius 3 is 2.44 bits per heavy atom. The van der Waals surface area contributed by atoms with Crippen molar-refractivity contribution < 1.29 is 14.6 Å². The fourth-order valence-electron chi connectivity index (χ4n) is 2.65. The van der Waals surface area contributed by atoms with E-state index in [1.165, 1.54) is 32.1 Å². The SMILES string of the molecule is CNC(CC1CCCCC1)C(O)C(=O)OC(C)C. The van der Waals surface area contributed by atoms with Crippen molar-refractivity contribution in [3.63, 3.8) is 0 Å². The van der Waals surface area contributed by atoms with Crippen LogP contribution >= 0.6 is 0 Å². The van der Waals surface area contributed by atoms with Crippen LogP contribution in [-0.4, -0.2) is 36.4 Å². The molecule has 0 spiro atoms. The predicted octanol–water partition coefficient (Wildman–Crippen LogP) is 1.86. The minimum Gasteiger partial charge on any atom is -0.461 e. The van der Waals surface area contributed by atoms with Crippen molar-refractivity contribution in [2.75, 3.05) is 7.05 Å². The molecule has 2 unspecified atom stereocenters. The Hall–Kier alpha value is -0.610. The Morgan fingerprint density at radius 2 is 1.94 bits per heavy atom. The minimum atomic E-state index is -1.06. The normalized spacial score (nSPS) is 20.7. The first-order valence-corrected chi connectivity index (χ1v) is 7.10. The highest BCUT2D eigenvalue weighted by molar-refractivity contribution is 5.75. The molecule has 2 N–H and O–H groups in total. The van der Waals surface area contributed by atoms with Gasteiger partial charge in [0.1, 0.15) is 0 Å². The van der Waals surface area contributed by atoms with Gasteiger partial charge in [-0.2, -0.15) is 0 Å². The number of ether oxygens (including phenoxy) is 1. The van der Waals surface area contributed by atoms with Crippen LogP contribution < -0.4 is 5.32 Å². The molecule has 2 atom stereocenters. The number of aliphatic hydroxyl groups excluding tert-OH is 1. The molecule has 0 heterocycles. The summed E-state index contributed by atoms with van der Waals surface area (Å²) in [6.07, 6.45) is 5.90. The van der Waals surface area contributed by atoms with Crippen LogP contribution in [-0.2, 0) is 9.53 Å². The lowest BCUT2D eigenvalue weighted by atomic mass is 9.84. The van der Waals surface area contributed by atoms with E-state index in [0.29, 0.717) is 5.92 Å². The molecule has 0 aromatic rings. The largest absolute Gasteiger partial charge is 0.461 e. The molecule has 0 radical (unpaired) electrons. The molecule has 1 aliphatic carbocycles. The van der Waals surface area contributed by atoms with Crippen LogP contribution in [0.15, 0.2) is 0 Å². The highest BCUT2D eigenvalue weighted by atomic mass is 16.6. The summed E-state index contributed by atoms with van der Waals surface area (Å²) in [5.41, 5.74) is 0. The molecule has 0 bridgehead atoms. The Bertz CT molecular complexity index is 249. The summed E-state index contributed by atoms with van der Waals surface area (Å²) >= 11 is 0. The molecule has 0 aromatic heterocycles. The van der Waals surface area contributed by atoms with E-state index in [1.54, 1.807) is 20.9 Å². The second-order valence-electron chi connectivity index (χ2n) is 5.57. The smallest absolute Gasteiger partial charge is 0.336 e. The zero-order valence-electron chi connectivity index (χ0n) is 11.8. The summed E-state index contributed by atoms with van der Waals surface area (Å²) in [4.78, 5) is 11.7. The van der Waals surface area contributed by atoms with E-state index >= 15 is 0 Å². The first-order chi connectivity index (χ1) is 8.54. The molecule has 0 aromatic carbocycles. The van der Waals surface area contributed by atoms with E-state index < -0.39 is 12.1 Å². The van der Waals surface area contributed by atoms with Gasteiger partial charge in [-0.05, 0) is 33.2 Å². The van der Waals surface area contributed by atoms with Gasteiger partial charge < -0.3 is 15.2 Å². The first kappa shape index (κ1) is 15.4. The number of carbonyl (C=O) groups excluding carboxylic acids is 1. The molecule has 1 aliphatic rings. The number of aliphatic hydroxyl groups is 1. The van der Waals surface area contributed by atoms with Crippen LogP contribution in [0.4, 0.5) is 0 Å². The average Bonchev–Trinajstić information content (AvgIpc) is 2.35. The first-order valence-electron chi connectivity index (χ1n) is 7.10. The number of carbonyl (C=O) groups is 1. The maximum atomic E-state index is 11.7. The molecule has 4 nitrogen and oxygen atoms in total. The Kier molecular flexibility index (Phi) is 6.65. The number of hydrogen-bond donors (Lipinski definition) is 2. The van der Waals surface area contributed by atoms with Crippen LogP contribution in [0.3, 0.4) is 0 Å². The van der Waals surface area contributed by atoms with Crippen LogP contribution in [0, 0.1) is 5.92 Å². The van der Waals surface area contributed by atoms with E-state index in [0.717, 1.165) is 6.42 Å². The zero-order valence-corrected chi connectivity index (χ0v) is 11.8. The average molecular weight is 257 g/mol. The maximum Gasteiger partial charge on any atom is 0.336 e. The molecule has 1 fully saturated rings. The van der Waals surface area contributed by atoms with Gasteiger partial charge in [-0.3, -0.25) is 0 Å². The van der Waals surface area contributed by atoms with Gasteiger partial charge in [-0.25, -0.2) is 4.79 Å². The van der Waals surface area contributed by atoms with Gasteiger partial charge in [0.25, 0.3) is 0 Å². The standard InChI is InChI=1S/C14H27NO3/c1-10(2)18-14(17)13(16)12(15-3)9-11-7-5-4-6-8-11/h10-13,15-16H,4-9H2,1-3H3.